The largest absolute Gasteiger partial charge is 0.493 e. The first-order chi connectivity index (χ1) is 10.7. The zero-order valence-electron chi connectivity index (χ0n) is 12.4. The molecule has 1 amide bonds. The number of nitrogens with one attached hydrogen (secondary N) is 1. The van der Waals surface area contributed by atoms with Crippen LogP contribution in [-0.2, 0) is 6.54 Å². The molecule has 0 aliphatic carbocycles. The molecule has 2 rings (SSSR count). The number of hydrogen-bond donors (Lipinski definition) is 3. The molecule has 0 radical (unpaired) electrons. The predicted octanol–water partition coefficient (Wildman–Crippen LogP) is -0.456. The molecule has 1 heterocycles. The fourth-order valence-electron chi connectivity index (χ4n) is 1.95. The molecule has 0 spiro atoms. The molecule has 0 saturated carbocycles. The van der Waals surface area contributed by atoms with Gasteiger partial charge < -0.3 is 21.1 Å². The molecule has 8 heteroatoms. The second-order valence-corrected chi connectivity index (χ2v) is 4.58. The topological polar surface area (TPSA) is 120 Å². The highest BCUT2D eigenvalue weighted by Gasteiger charge is 2.15. The fraction of sp³-hybridized carbons (Fsp3) is 0.357. The molecule has 0 atom stereocenters. The van der Waals surface area contributed by atoms with E-state index in [0.717, 1.165) is 24.4 Å². The summed E-state index contributed by atoms with van der Waals surface area (Å²) in [4.78, 5) is 11.7. The molecule has 2 aromatic rings. The van der Waals surface area contributed by atoms with Crippen LogP contribution in [-0.4, -0.2) is 35.9 Å². The number of quaternary nitrogens is 1. The van der Waals surface area contributed by atoms with Gasteiger partial charge in [-0.1, -0.05) is 12.1 Å². The van der Waals surface area contributed by atoms with Crippen LogP contribution in [0, 0.1) is 0 Å². The standard InChI is InChI=1S/C14H19N5O3/c1-2-21-11-6-4-3-5-10(11)9-16-7-8-17-14(20)12-13(15)19-22-18-12/h3-6,16H,2,7-9H2,1H3,(H2,15,19)(H,17,20)/p+1. The molecule has 8 nitrogen and oxygen atoms in total. The van der Waals surface area contributed by atoms with E-state index in [1.54, 1.807) is 0 Å². The van der Waals surface area contributed by atoms with Crippen molar-refractivity contribution in [2.24, 2.45) is 0 Å². The summed E-state index contributed by atoms with van der Waals surface area (Å²) in [5.41, 5.74) is 6.58. The van der Waals surface area contributed by atoms with Crippen LogP contribution in [0.2, 0.25) is 0 Å². The van der Waals surface area contributed by atoms with Gasteiger partial charge in [-0.05, 0) is 29.4 Å². The number of nitrogens with zero attached hydrogens (tertiary/aromatic N) is 2. The molecule has 0 aliphatic heterocycles. The number of aromatic nitrogens is 2. The molecule has 22 heavy (non-hydrogen) atoms. The lowest BCUT2D eigenvalue weighted by Crippen LogP contribution is -2.84. The van der Waals surface area contributed by atoms with Crippen molar-refractivity contribution in [2.45, 2.75) is 13.5 Å². The summed E-state index contributed by atoms with van der Waals surface area (Å²) in [6, 6.07) is 7.91. The average molecular weight is 306 g/mol. The quantitative estimate of drug-likeness (QED) is 0.568. The van der Waals surface area contributed by atoms with Crippen LogP contribution >= 0.6 is 0 Å². The highest BCUT2D eigenvalue weighted by molar-refractivity contribution is 5.95. The summed E-state index contributed by atoms with van der Waals surface area (Å²) in [5, 5.41) is 11.6. The van der Waals surface area contributed by atoms with Crippen molar-refractivity contribution in [3.8, 4) is 5.75 Å². The Hall–Kier alpha value is -2.61. The normalized spacial score (nSPS) is 10.4. The van der Waals surface area contributed by atoms with E-state index < -0.39 is 0 Å². The minimum absolute atomic E-state index is 0.00730. The Labute approximate surface area is 128 Å². The molecule has 118 valence electrons. The molecular formula is C14H20N5O3+. The van der Waals surface area contributed by atoms with E-state index >= 15 is 0 Å². The van der Waals surface area contributed by atoms with Gasteiger partial charge in [-0.25, -0.2) is 4.63 Å². The lowest BCUT2D eigenvalue weighted by atomic mass is 10.2. The number of carbonyl (C=O) groups is 1. The van der Waals surface area contributed by atoms with Gasteiger partial charge in [0.05, 0.1) is 19.7 Å². The van der Waals surface area contributed by atoms with Crippen LogP contribution in [0.5, 0.6) is 5.75 Å². The van der Waals surface area contributed by atoms with Gasteiger partial charge >= 0.3 is 0 Å². The lowest BCUT2D eigenvalue weighted by molar-refractivity contribution is -0.668. The first-order valence-electron chi connectivity index (χ1n) is 7.11. The van der Waals surface area contributed by atoms with Crippen LogP contribution in [0.15, 0.2) is 28.9 Å². The summed E-state index contributed by atoms with van der Waals surface area (Å²) in [5.74, 6) is 0.501. The van der Waals surface area contributed by atoms with E-state index in [1.165, 1.54) is 0 Å². The second kappa shape index (κ2) is 7.99. The highest BCUT2D eigenvalue weighted by Crippen LogP contribution is 2.16. The molecule has 1 aromatic carbocycles. The third kappa shape index (κ3) is 4.19. The number of benzene rings is 1. The Morgan fingerprint density at radius 1 is 1.41 bits per heavy atom. The van der Waals surface area contributed by atoms with E-state index in [0.29, 0.717) is 13.2 Å². The van der Waals surface area contributed by atoms with Crippen LogP contribution in [0.3, 0.4) is 0 Å². The van der Waals surface area contributed by atoms with E-state index in [2.05, 4.69) is 25.6 Å². The van der Waals surface area contributed by atoms with Gasteiger partial charge in [0.1, 0.15) is 12.3 Å². The first kappa shape index (κ1) is 15.8. The van der Waals surface area contributed by atoms with Crippen LogP contribution < -0.4 is 21.1 Å². The zero-order valence-corrected chi connectivity index (χ0v) is 12.4. The van der Waals surface area contributed by atoms with Crippen LogP contribution in [0.25, 0.3) is 0 Å². The lowest BCUT2D eigenvalue weighted by Gasteiger charge is -2.09. The fourth-order valence-corrected chi connectivity index (χ4v) is 1.95. The molecule has 0 saturated heterocycles. The average Bonchev–Trinajstić information content (AvgIpc) is 2.95. The van der Waals surface area contributed by atoms with Crippen molar-refractivity contribution < 1.29 is 19.5 Å². The Morgan fingerprint density at radius 3 is 2.95 bits per heavy atom. The number of rotatable bonds is 8. The van der Waals surface area contributed by atoms with Crippen LogP contribution in [0.4, 0.5) is 5.82 Å². The molecule has 0 fully saturated rings. The molecule has 0 unspecified atom stereocenters. The molecule has 0 bridgehead atoms. The number of ether oxygens (including phenoxy) is 1. The maximum absolute atomic E-state index is 11.7. The minimum Gasteiger partial charge on any atom is -0.493 e. The van der Waals surface area contributed by atoms with Crippen LogP contribution in [0.1, 0.15) is 23.0 Å². The van der Waals surface area contributed by atoms with Gasteiger partial charge in [-0.15, -0.1) is 0 Å². The summed E-state index contributed by atoms with van der Waals surface area (Å²) in [6.45, 7) is 4.58. The van der Waals surface area contributed by atoms with Crippen molar-refractivity contribution in [2.75, 3.05) is 25.4 Å². The minimum atomic E-state index is -0.387. The molecule has 1 aromatic heterocycles. The number of anilines is 1. The third-order valence-corrected chi connectivity index (χ3v) is 3.00. The number of amides is 1. The SMILES string of the molecule is CCOc1ccccc1C[NH2+]CCNC(=O)c1nonc1N. The Bertz CT molecular complexity index is 614. The van der Waals surface area contributed by atoms with Crippen molar-refractivity contribution in [1.29, 1.82) is 0 Å². The summed E-state index contributed by atoms with van der Waals surface area (Å²) >= 11 is 0. The first-order valence-corrected chi connectivity index (χ1v) is 7.11. The number of para-hydroxylation sites is 1. The van der Waals surface area contributed by atoms with Gasteiger partial charge in [-0.3, -0.25) is 4.79 Å². The molecular weight excluding hydrogens is 286 g/mol. The third-order valence-electron chi connectivity index (χ3n) is 3.00. The van der Waals surface area contributed by atoms with Crippen molar-refractivity contribution >= 4 is 11.7 Å². The van der Waals surface area contributed by atoms with Gasteiger partial charge in [0.2, 0.25) is 11.5 Å². The van der Waals surface area contributed by atoms with E-state index in [-0.39, 0.29) is 17.4 Å². The van der Waals surface area contributed by atoms with E-state index in [4.69, 9.17) is 10.5 Å². The number of nitrogen functional groups attached to an aromatic ring is 1. The van der Waals surface area contributed by atoms with Crippen molar-refractivity contribution in [3.05, 3.63) is 35.5 Å². The van der Waals surface area contributed by atoms with Crippen molar-refractivity contribution in [1.82, 2.24) is 15.6 Å². The predicted molar refractivity (Wildman–Crippen MR) is 79.2 cm³/mol. The summed E-state index contributed by atoms with van der Waals surface area (Å²) in [7, 11) is 0. The number of nitrogens with two attached hydrogens (primary N) is 2. The van der Waals surface area contributed by atoms with E-state index in [1.807, 2.05) is 31.2 Å². The smallest absolute Gasteiger partial charge is 0.277 e. The second-order valence-electron chi connectivity index (χ2n) is 4.58. The molecule has 0 aliphatic rings. The summed E-state index contributed by atoms with van der Waals surface area (Å²) < 4.78 is 9.95. The Morgan fingerprint density at radius 2 is 2.23 bits per heavy atom. The van der Waals surface area contributed by atoms with Gasteiger partial charge in [0.15, 0.2) is 0 Å². The maximum Gasteiger partial charge on any atom is 0.277 e. The monoisotopic (exact) mass is 306 g/mol. The Balaban J connectivity index is 1.72. The van der Waals surface area contributed by atoms with Gasteiger partial charge in [0, 0.05) is 5.56 Å². The Kier molecular flexibility index (Phi) is 5.73. The molecule has 5 N–H and O–H groups in total. The number of hydrogen-bond acceptors (Lipinski definition) is 6. The van der Waals surface area contributed by atoms with Crippen molar-refractivity contribution in [3.63, 3.8) is 0 Å². The number of carbonyl (C=O) groups excluding carboxylic acids is 1. The highest BCUT2D eigenvalue weighted by atomic mass is 16.6. The van der Waals surface area contributed by atoms with Gasteiger partial charge in [-0.2, -0.15) is 0 Å². The maximum atomic E-state index is 11.7. The summed E-state index contributed by atoms with van der Waals surface area (Å²) in [6.07, 6.45) is 0. The van der Waals surface area contributed by atoms with E-state index in [9.17, 15) is 4.79 Å². The zero-order chi connectivity index (χ0) is 15.8. The van der Waals surface area contributed by atoms with Gasteiger partial charge in [0.25, 0.3) is 5.91 Å².